The minimum Gasteiger partial charge on any atom is -0.375 e. The van der Waals surface area contributed by atoms with Gasteiger partial charge in [-0.15, -0.1) is 0 Å². The second-order valence-electron chi connectivity index (χ2n) is 5.55. The van der Waals surface area contributed by atoms with E-state index in [2.05, 4.69) is 15.3 Å². The second-order valence-corrected chi connectivity index (χ2v) is 7.57. The third-order valence-corrected chi connectivity index (χ3v) is 4.77. The molecule has 10 heteroatoms. The quantitative estimate of drug-likeness (QED) is 0.519. The summed E-state index contributed by atoms with van der Waals surface area (Å²) >= 11 is 0. The summed E-state index contributed by atoms with van der Waals surface area (Å²) in [7, 11) is -3.52. The third-order valence-electron chi connectivity index (χ3n) is 3.66. The van der Waals surface area contributed by atoms with Crippen LogP contribution in [-0.2, 0) is 16.4 Å². The van der Waals surface area contributed by atoms with E-state index in [1.807, 2.05) is 6.07 Å². The zero-order valence-electron chi connectivity index (χ0n) is 13.7. The van der Waals surface area contributed by atoms with Gasteiger partial charge in [0.25, 0.3) is 5.69 Å². The highest BCUT2D eigenvalue weighted by atomic mass is 32.2. The number of hydrogen-bond donors (Lipinski definition) is 1. The van der Waals surface area contributed by atoms with Gasteiger partial charge < -0.3 is 5.32 Å². The van der Waals surface area contributed by atoms with Crippen molar-refractivity contribution >= 4 is 21.2 Å². The Morgan fingerprint density at radius 2 is 2.04 bits per heavy atom. The van der Waals surface area contributed by atoms with Crippen LogP contribution in [0, 0.1) is 10.1 Å². The molecule has 0 aliphatic rings. The minimum absolute atomic E-state index is 0.0962. The normalized spacial score (nSPS) is 11.3. The van der Waals surface area contributed by atoms with E-state index in [1.165, 1.54) is 12.1 Å². The molecule has 0 saturated heterocycles. The Kier molecular flexibility index (Phi) is 4.67. The van der Waals surface area contributed by atoms with Gasteiger partial charge >= 0.3 is 0 Å². The van der Waals surface area contributed by atoms with Crippen molar-refractivity contribution in [2.45, 2.75) is 11.4 Å². The van der Waals surface area contributed by atoms with Crippen molar-refractivity contribution in [1.82, 2.24) is 14.5 Å². The number of sulfone groups is 1. The Bertz CT molecular complexity index is 1050. The summed E-state index contributed by atoms with van der Waals surface area (Å²) in [6, 6.07) is 7.40. The smallest absolute Gasteiger partial charge is 0.293 e. The first-order valence-corrected chi connectivity index (χ1v) is 9.39. The molecule has 2 heterocycles. The van der Waals surface area contributed by atoms with Crippen molar-refractivity contribution < 1.29 is 13.3 Å². The van der Waals surface area contributed by atoms with E-state index in [4.69, 9.17) is 0 Å². The number of nitro groups is 1. The Morgan fingerprint density at radius 3 is 2.69 bits per heavy atom. The molecular weight excluding hydrogens is 358 g/mol. The third kappa shape index (κ3) is 3.86. The standard InChI is InChI=1S/C16H15N5O4S/c1-26(24,25)13-2-3-14(15(9-13)21(22)23)19-10-12-4-5-18-16(8-12)20-7-6-17-11-20/h2-9,11,19H,10H2,1H3. The largest absolute Gasteiger partial charge is 0.375 e. The average molecular weight is 373 g/mol. The van der Waals surface area contributed by atoms with Crippen molar-refractivity contribution in [3.05, 3.63) is 70.9 Å². The lowest BCUT2D eigenvalue weighted by atomic mass is 10.2. The molecule has 0 bridgehead atoms. The van der Waals surface area contributed by atoms with Gasteiger partial charge in [0.15, 0.2) is 9.84 Å². The van der Waals surface area contributed by atoms with Crippen LogP contribution >= 0.6 is 0 Å². The number of imidazole rings is 1. The van der Waals surface area contributed by atoms with Crippen LogP contribution in [0.15, 0.2) is 60.1 Å². The molecule has 1 N–H and O–H groups in total. The molecule has 3 rings (SSSR count). The van der Waals surface area contributed by atoms with E-state index in [0.29, 0.717) is 12.4 Å². The minimum atomic E-state index is -3.52. The number of benzene rings is 1. The van der Waals surface area contributed by atoms with Gasteiger partial charge in [-0.3, -0.25) is 14.7 Å². The number of nitrogens with zero attached hydrogens (tertiary/aromatic N) is 4. The summed E-state index contributed by atoms with van der Waals surface area (Å²) in [5.74, 6) is 0.670. The van der Waals surface area contributed by atoms with E-state index in [1.54, 1.807) is 35.6 Å². The van der Waals surface area contributed by atoms with Crippen molar-refractivity contribution in [2.24, 2.45) is 0 Å². The van der Waals surface area contributed by atoms with Gasteiger partial charge in [-0.05, 0) is 29.8 Å². The topological polar surface area (TPSA) is 120 Å². The number of nitrogens with one attached hydrogen (secondary N) is 1. The first-order chi connectivity index (χ1) is 12.3. The van der Waals surface area contributed by atoms with Crippen LogP contribution in [0.4, 0.5) is 11.4 Å². The van der Waals surface area contributed by atoms with Gasteiger partial charge in [0, 0.05) is 37.5 Å². The summed E-state index contributed by atoms with van der Waals surface area (Å²) in [4.78, 5) is 18.8. The molecule has 1 aromatic carbocycles. The van der Waals surface area contributed by atoms with Crippen LogP contribution in [0.5, 0.6) is 0 Å². The van der Waals surface area contributed by atoms with Gasteiger partial charge in [-0.2, -0.15) is 0 Å². The van der Waals surface area contributed by atoms with Crippen LogP contribution in [0.25, 0.3) is 5.82 Å². The molecule has 134 valence electrons. The SMILES string of the molecule is CS(=O)(=O)c1ccc(NCc2ccnc(-n3ccnc3)c2)c([N+](=O)[O-])c1. The fourth-order valence-corrected chi connectivity index (χ4v) is 2.99. The maximum absolute atomic E-state index is 11.6. The molecular formula is C16H15N5O4S. The lowest BCUT2D eigenvalue weighted by molar-refractivity contribution is -0.384. The molecule has 0 spiro atoms. The van der Waals surface area contributed by atoms with E-state index in [0.717, 1.165) is 17.9 Å². The first kappa shape index (κ1) is 17.5. The van der Waals surface area contributed by atoms with Gasteiger partial charge in [-0.25, -0.2) is 18.4 Å². The molecule has 0 aliphatic carbocycles. The average Bonchev–Trinajstić information content (AvgIpc) is 3.14. The molecule has 0 aliphatic heterocycles. The van der Waals surface area contributed by atoms with Gasteiger partial charge in [0.1, 0.15) is 17.8 Å². The number of anilines is 1. The van der Waals surface area contributed by atoms with Crippen molar-refractivity contribution in [1.29, 1.82) is 0 Å². The predicted molar refractivity (Wildman–Crippen MR) is 94.9 cm³/mol. The predicted octanol–water partition coefficient (Wildman–Crippen LogP) is 2.19. The Labute approximate surface area is 149 Å². The van der Waals surface area contributed by atoms with Crippen molar-refractivity contribution in [3.8, 4) is 5.82 Å². The zero-order valence-corrected chi connectivity index (χ0v) is 14.5. The highest BCUT2D eigenvalue weighted by molar-refractivity contribution is 7.90. The number of aromatic nitrogens is 3. The molecule has 3 aromatic rings. The Hall–Kier alpha value is -3.27. The van der Waals surface area contributed by atoms with Crippen LogP contribution in [-0.4, -0.2) is 34.1 Å². The van der Waals surface area contributed by atoms with Gasteiger partial charge in [0.05, 0.1) is 9.82 Å². The Morgan fingerprint density at radius 1 is 1.23 bits per heavy atom. The second kappa shape index (κ2) is 6.92. The fraction of sp³-hybridized carbons (Fsp3) is 0.125. The van der Waals surface area contributed by atoms with E-state index < -0.39 is 14.8 Å². The molecule has 0 unspecified atom stereocenters. The molecule has 0 atom stereocenters. The zero-order chi connectivity index (χ0) is 18.7. The van der Waals surface area contributed by atoms with Gasteiger partial charge in [-0.1, -0.05) is 0 Å². The van der Waals surface area contributed by atoms with Crippen LogP contribution in [0.3, 0.4) is 0 Å². The fourth-order valence-electron chi connectivity index (χ4n) is 2.35. The number of rotatable bonds is 6. The van der Waals surface area contributed by atoms with Crippen molar-refractivity contribution in [3.63, 3.8) is 0 Å². The van der Waals surface area contributed by atoms with Crippen LogP contribution in [0.1, 0.15) is 5.56 Å². The summed E-state index contributed by atoms with van der Waals surface area (Å²) in [6.45, 7) is 0.309. The van der Waals surface area contributed by atoms with E-state index in [-0.39, 0.29) is 16.3 Å². The number of hydrogen-bond acceptors (Lipinski definition) is 7. The highest BCUT2D eigenvalue weighted by Crippen LogP contribution is 2.28. The summed E-state index contributed by atoms with van der Waals surface area (Å²) in [5, 5.41) is 14.2. The lowest BCUT2D eigenvalue weighted by Gasteiger charge is -2.09. The maximum atomic E-state index is 11.6. The molecule has 2 aromatic heterocycles. The molecule has 9 nitrogen and oxygen atoms in total. The molecule has 26 heavy (non-hydrogen) atoms. The van der Waals surface area contributed by atoms with Gasteiger partial charge in [0.2, 0.25) is 0 Å². The summed E-state index contributed by atoms with van der Waals surface area (Å²) in [5.41, 5.74) is 0.797. The molecule has 0 fully saturated rings. The molecule has 0 saturated carbocycles. The van der Waals surface area contributed by atoms with Crippen LogP contribution < -0.4 is 5.32 Å². The van der Waals surface area contributed by atoms with E-state index in [9.17, 15) is 18.5 Å². The number of pyridine rings is 1. The molecule has 0 amide bonds. The molecule has 0 radical (unpaired) electrons. The summed E-state index contributed by atoms with van der Waals surface area (Å²) < 4.78 is 24.9. The van der Waals surface area contributed by atoms with Crippen LogP contribution in [0.2, 0.25) is 0 Å². The van der Waals surface area contributed by atoms with Crippen molar-refractivity contribution in [2.75, 3.05) is 11.6 Å². The highest BCUT2D eigenvalue weighted by Gasteiger charge is 2.18. The number of nitro benzene ring substituents is 1. The maximum Gasteiger partial charge on any atom is 0.293 e. The first-order valence-electron chi connectivity index (χ1n) is 7.50. The Balaban J connectivity index is 1.84. The summed E-state index contributed by atoms with van der Waals surface area (Å²) in [6.07, 6.45) is 7.66. The van der Waals surface area contributed by atoms with E-state index >= 15 is 0 Å². The lowest BCUT2D eigenvalue weighted by Crippen LogP contribution is -2.05. The monoisotopic (exact) mass is 373 g/mol.